The monoisotopic (exact) mass is 326 g/mol. The summed E-state index contributed by atoms with van der Waals surface area (Å²) in [5, 5.41) is 0. The topological polar surface area (TPSA) is 102 Å². The van der Waals surface area contributed by atoms with Crippen molar-refractivity contribution in [2.24, 2.45) is 0 Å². The molecule has 124 valence electrons. The van der Waals surface area contributed by atoms with Crippen molar-refractivity contribution in [3.05, 3.63) is 12.2 Å². The fourth-order valence-electron chi connectivity index (χ4n) is 1.28. The molecule has 0 rings (SSSR count). The van der Waals surface area contributed by atoms with E-state index >= 15 is 0 Å². The molecular weight excluding hydrogens is 301 g/mol. The smallest absolute Gasteiger partial charge is 0.462 e. The number of phosphoric ester groups is 1. The minimum atomic E-state index is -4.62. The van der Waals surface area contributed by atoms with E-state index in [1.807, 2.05) is 21.1 Å². The van der Waals surface area contributed by atoms with Crippen LogP contribution in [0.1, 0.15) is 13.3 Å². The third-order valence-corrected chi connectivity index (χ3v) is 2.64. The number of esters is 1. The molecule has 0 aromatic rings. The molecule has 0 heterocycles. The molecule has 21 heavy (non-hydrogen) atoms. The van der Waals surface area contributed by atoms with Gasteiger partial charge in [-0.2, -0.15) is 0 Å². The maximum absolute atomic E-state index is 11.1. The van der Waals surface area contributed by atoms with Gasteiger partial charge in [-0.15, -0.1) is 0 Å². The van der Waals surface area contributed by atoms with Crippen molar-refractivity contribution in [3.8, 4) is 0 Å². The predicted molar refractivity (Wildman–Crippen MR) is 76.2 cm³/mol. The summed E-state index contributed by atoms with van der Waals surface area (Å²) in [6.45, 7) is 5.54. The van der Waals surface area contributed by atoms with E-state index in [4.69, 9.17) is 19.3 Å². The normalized spacial score (nSPS) is 13.8. The van der Waals surface area contributed by atoms with Crippen LogP contribution in [0.3, 0.4) is 0 Å². The first-order valence-corrected chi connectivity index (χ1v) is 7.92. The molecule has 1 unspecified atom stereocenters. The number of carbonyl (C=O) groups excluding carboxylic acids is 1. The molecule has 0 aliphatic carbocycles. The number of quaternary nitrogens is 1. The summed E-state index contributed by atoms with van der Waals surface area (Å²) >= 11 is 0. The van der Waals surface area contributed by atoms with Crippen LogP contribution in [0.4, 0.5) is 0 Å². The third-order valence-electron chi connectivity index (χ3n) is 2.13. The zero-order valence-corrected chi connectivity index (χ0v) is 13.8. The van der Waals surface area contributed by atoms with E-state index in [1.165, 1.54) is 0 Å². The van der Waals surface area contributed by atoms with Gasteiger partial charge in [0.15, 0.2) is 0 Å². The Kier molecular flexibility index (Phi) is 8.31. The average Bonchev–Trinajstić information content (AvgIpc) is 2.23. The summed E-state index contributed by atoms with van der Waals surface area (Å²) in [6, 6.07) is 0. The lowest BCUT2D eigenvalue weighted by molar-refractivity contribution is -0.876. The molecule has 0 aliphatic rings. The van der Waals surface area contributed by atoms with Gasteiger partial charge in [-0.25, -0.2) is 9.36 Å². The summed E-state index contributed by atoms with van der Waals surface area (Å²) in [5.41, 5.74) is 0.309. The lowest BCUT2D eigenvalue weighted by atomic mass is 10.4. The number of phosphoric acid groups is 1. The highest BCUT2D eigenvalue weighted by molar-refractivity contribution is 7.46. The van der Waals surface area contributed by atoms with E-state index in [1.54, 1.807) is 6.92 Å². The van der Waals surface area contributed by atoms with Gasteiger partial charge < -0.3 is 23.7 Å². The minimum absolute atomic E-state index is 0.138. The summed E-state index contributed by atoms with van der Waals surface area (Å²) in [4.78, 5) is 28.8. The van der Waals surface area contributed by atoms with Crippen LogP contribution in [0.5, 0.6) is 0 Å². The van der Waals surface area contributed by atoms with E-state index in [0.29, 0.717) is 16.5 Å². The van der Waals surface area contributed by atoms with Crippen molar-refractivity contribution in [1.29, 1.82) is 0 Å². The molecule has 8 nitrogen and oxygen atoms in total. The van der Waals surface area contributed by atoms with E-state index in [9.17, 15) is 9.36 Å². The van der Waals surface area contributed by atoms with Crippen LogP contribution in [0.25, 0.3) is 0 Å². The van der Waals surface area contributed by atoms with Gasteiger partial charge in [0.1, 0.15) is 6.54 Å². The van der Waals surface area contributed by atoms with Crippen LogP contribution in [0, 0.1) is 0 Å². The lowest BCUT2D eigenvalue weighted by Crippen LogP contribution is -2.43. The summed E-state index contributed by atoms with van der Waals surface area (Å²) in [5.74, 6) is -0.482. The fourth-order valence-corrected chi connectivity index (χ4v) is 1.71. The molecule has 2 N–H and O–H groups in total. The van der Waals surface area contributed by atoms with Crippen molar-refractivity contribution in [2.45, 2.75) is 19.6 Å². The molecule has 0 bridgehead atoms. The molecule has 0 aliphatic heterocycles. The highest BCUT2D eigenvalue weighted by atomic mass is 31.2. The zero-order valence-electron chi connectivity index (χ0n) is 12.9. The second kappa shape index (κ2) is 8.63. The number of hydrogen-bond acceptors (Lipinski definition) is 5. The predicted octanol–water partition coefficient (Wildman–Crippen LogP) is 0.654. The molecule has 0 fully saturated rings. The standard InChI is InChI=1S/C12H24NO7P/c1-10(2)12(14)19-8-6-7-18-11(9-13(3,4)5)20-21(15,16)17/h11H,1,6-9H2,2-5H3,(H-,15,16,17)/p+1. The van der Waals surface area contributed by atoms with Crippen molar-refractivity contribution in [2.75, 3.05) is 40.9 Å². The molecule has 0 saturated carbocycles. The van der Waals surface area contributed by atoms with E-state index in [-0.39, 0.29) is 19.8 Å². The first kappa shape index (κ1) is 20.2. The number of ether oxygens (including phenoxy) is 2. The molecule has 0 aromatic heterocycles. The van der Waals surface area contributed by atoms with Gasteiger partial charge in [-0.05, 0) is 6.92 Å². The van der Waals surface area contributed by atoms with E-state index in [2.05, 4.69) is 11.1 Å². The van der Waals surface area contributed by atoms with Crippen molar-refractivity contribution in [1.82, 2.24) is 0 Å². The van der Waals surface area contributed by atoms with Crippen molar-refractivity contribution >= 4 is 13.8 Å². The molecular formula is C12H25NO7P+. The van der Waals surface area contributed by atoms with Crippen molar-refractivity contribution < 1.29 is 37.6 Å². The number of hydrogen-bond donors (Lipinski definition) is 2. The van der Waals surface area contributed by atoms with Gasteiger partial charge in [0.25, 0.3) is 0 Å². The van der Waals surface area contributed by atoms with Gasteiger partial charge in [-0.3, -0.25) is 4.52 Å². The highest BCUT2D eigenvalue weighted by Gasteiger charge is 2.27. The van der Waals surface area contributed by atoms with Crippen LogP contribution >= 0.6 is 7.82 Å². The highest BCUT2D eigenvalue weighted by Crippen LogP contribution is 2.38. The molecule has 0 radical (unpaired) electrons. The first-order chi connectivity index (χ1) is 9.41. The number of nitrogens with zero attached hydrogens (tertiary/aromatic N) is 1. The molecule has 0 saturated heterocycles. The lowest BCUT2D eigenvalue weighted by Gasteiger charge is -2.28. The second-order valence-corrected chi connectivity index (χ2v) is 6.83. The molecule has 9 heteroatoms. The second-order valence-electron chi connectivity index (χ2n) is 5.64. The van der Waals surface area contributed by atoms with Crippen LogP contribution in [0.2, 0.25) is 0 Å². The van der Waals surface area contributed by atoms with Crippen LogP contribution in [0.15, 0.2) is 12.2 Å². The largest absolute Gasteiger partial charge is 0.472 e. The van der Waals surface area contributed by atoms with Crippen LogP contribution in [-0.4, -0.2) is 67.4 Å². The minimum Gasteiger partial charge on any atom is -0.462 e. The van der Waals surface area contributed by atoms with E-state index < -0.39 is 20.1 Å². The Bertz CT molecular complexity index is 399. The molecule has 0 amide bonds. The summed E-state index contributed by atoms with van der Waals surface area (Å²) in [6.07, 6.45) is -0.653. The third kappa shape index (κ3) is 12.7. The molecule has 0 spiro atoms. The average molecular weight is 326 g/mol. The SMILES string of the molecule is C=C(C)C(=O)OCCCOC(C[N+](C)(C)C)OP(=O)(O)O. The number of carbonyl (C=O) groups is 1. The van der Waals surface area contributed by atoms with Crippen LogP contribution < -0.4 is 0 Å². The van der Waals surface area contributed by atoms with Gasteiger partial charge in [0.05, 0.1) is 34.4 Å². The first-order valence-electron chi connectivity index (χ1n) is 6.39. The summed E-state index contributed by atoms with van der Waals surface area (Å²) < 4.78 is 26.0. The fraction of sp³-hybridized carbons (Fsp3) is 0.750. The maximum Gasteiger partial charge on any atom is 0.472 e. The number of rotatable bonds is 10. The zero-order chi connectivity index (χ0) is 16.7. The van der Waals surface area contributed by atoms with Gasteiger partial charge in [0.2, 0.25) is 6.29 Å². The van der Waals surface area contributed by atoms with Gasteiger partial charge in [0, 0.05) is 12.0 Å². The Morgan fingerprint density at radius 3 is 2.29 bits per heavy atom. The summed E-state index contributed by atoms with van der Waals surface area (Å²) in [7, 11) is 0.900. The van der Waals surface area contributed by atoms with Gasteiger partial charge in [-0.1, -0.05) is 6.58 Å². The Morgan fingerprint density at radius 2 is 1.86 bits per heavy atom. The number of likely N-dealkylation sites (N-methyl/N-ethyl adjacent to an activating group) is 1. The van der Waals surface area contributed by atoms with Gasteiger partial charge >= 0.3 is 13.8 Å². The Hall–Kier alpha value is -0.760. The van der Waals surface area contributed by atoms with Crippen LogP contribution in [-0.2, 0) is 23.4 Å². The van der Waals surface area contributed by atoms with Crippen molar-refractivity contribution in [3.63, 3.8) is 0 Å². The Morgan fingerprint density at radius 1 is 1.29 bits per heavy atom. The maximum atomic E-state index is 11.1. The Labute approximate surface area is 125 Å². The quantitative estimate of drug-likeness (QED) is 0.152. The Balaban J connectivity index is 4.16. The van der Waals surface area contributed by atoms with E-state index in [0.717, 1.165) is 0 Å². The molecule has 0 aromatic carbocycles. The molecule has 1 atom stereocenters.